The number of aliphatic hydroxyl groups is 1. The van der Waals surface area contributed by atoms with Crippen LogP contribution in [0.4, 0.5) is 21.6 Å². The molecule has 1 aliphatic carbocycles. The summed E-state index contributed by atoms with van der Waals surface area (Å²) in [4.78, 5) is 26.8. The fourth-order valence-corrected chi connectivity index (χ4v) is 5.78. The molecule has 3 aromatic heterocycles. The Morgan fingerprint density at radius 3 is 2.70 bits per heavy atom. The first-order chi connectivity index (χ1) is 17.4. The molecule has 0 radical (unpaired) electrons. The van der Waals surface area contributed by atoms with Gasteiger partial charge in [0.25, 0.3) is 11.5 Å². The van der Waals surface area contributed by atoms with Crippen LogP contribution in [0.5, 0.6) is 0 Å². The number of hydrogen-bond acceptors (Lipinski definition) is 7. The SMILES string of the molecule is Cc1ccc(-c2cc(Nc3cc(C)n(C)n3)c(=O)[nH]n2)c(F)c1NC(=O)c1cc2c(s1)CC(C)(C)[C@H]2O. The zero-order valence-electron chi connectivity index (χ0n) is 21.1. The van der Waals surface area contributed by atoms with E-state index < -0.39 is 23.4 Å². The van der Waals surface area contributed by atoms with E-state index in [0.717, 1.165) is 16.1 Å². The highest BCUT2D eigenvalue weighted by Crippen LogP contribution is 2.48. The van der Waals surface area contributed by atoms with Gasteiger partial charge in [-0.1, -0.05) is 19.9 Å². The summed E-state index contributed by atoms with van der Waals surface area (Å²) in [7, 11) is 1.78. The number of aryl methyl sites for hydroxylation is 3. The number of H-pyrrole nitrogens is 1. The minimum atomic E-state index is -0.669. The molecule has 0 aliphatic heterocycles. The summed E-state index contributed by atoms with van der Waals surface area (Å²) in [6.07, 6.45) is 0.0302. The van der Waals surface area contributed by atoms with Gasteiger partial charge in [0.15, 0.2) is 11.6 Å². The van der Waals surface area contributed by atoms with Crippen molar-refractivity contribution < 1.29 is 14.3 Å². The normalized spacial score (nSPS) is 16.0. The van der Waals surface area contributed by atoms with Gasteiger partial charge < -0.3 is 15.7 Å². The number of aromatic amines is 1. The van der Waals surface area contributed by atoms with E-state index in [2.05, 4.69) is 25.9 Å². The molecule has 11 heteroatoms. The molecular weight excluding hydrogens is 495 g/mol. The number of amides is 1. The molecule has 0 spiro atoms. The van der Waals surface area contributed by atoms with Gasteiger partial charge >= 0.3 is 0 Å². The molecule has 37 heavy (non-hydrogen) atoms. The lowest BCUT2D eigenvalue weighted by Gasteiger charge is -2.22. The first-order valence-electron chi connectivity index (χ1n) is 11.7. The lowest BCUT2D eigenvalue weighted by atomic mass is 9.88. The third-order valence-electron chi connectivity index (χ3n) is 6.76. The molecule has 1 atom stereocenters. The van der Waals surface area contributed by atoms with Gasteiger partial charge in [-0.25, -0.2) is 9.49 Å². The van der Waals surface area contributed by atoms with Crippen LogP contribution >= 0.6 is 11.3 Å². The van der Waals surface area contributed by atoms with E-state index in [4.69, 9.17) is 0 Å². The molecule has 9 nitrogen and oxygen atoms in total. The summed E-state index contributed by atoms with van der Waals surface area (Å²) >= 11 is 1.31. The number of nitrogens with zero attached hydrogens (tertiary/aromatic N) is 3. The number of nitrogens with one attached hydrogen (secondary N) is 3. The minimum absolute atomic E-state index is 0.0276. The van der Waals surface area contributed by atoms with Crippen LogP contribution in [0.2, 0.25) is 0 Å². The number of aliphatic hydroxyl groups excluding tert-OH is 1. The van der Waals surface area contributed by atoms with Crippen LogP contribution in [-0.2, 0) is 13.5 Å². The highest BCUT2D eigenvalue weighted by Gasteiger charge is 2.40. The van der Waals surface area contributed by atoms with Crippen molar-refractivity contribution in [2.45, 2.75) is 40.2 Å². The van der Waals surface area contributed by atoms with E-state index >= 15 is 4.39 Å². The second-order valence-electron chi connectivity index (χ2n) is 10.0. The molecule has 1 amide bonds. The number of rotatable bonds is 5. The molecule has 0 fully saturated rings. The van der Waals surface area contributed by atoms with Crippen LogP contribution < -0.4 is 16.2 Å². The Bertz CT molecular complexity index is 1580. The Morgan fingerprint density at radius 2 is 2.03 bits per heavy atom. The smallest absolute Gasteiger partial charge is 0.287 e. The van der Waals surface area contributed by atoms with Crippen LogP contribution in [-0.4, -0.2) is 31.0 Å². The predicted molar refractivity (Wildman–Crippen MR) is 141 cm³/mol. The molecule has 0 unspecified atom stereocenters. The summed E-state index contributed by atoms with van der Waals surface area (Å²) < 4.78 is 17.4. The number of thiophene rings is 1. The predicted octanol–water partition coefficient (Wildman–Crippen LogP) is 4.60. The van der Waals surface area contributed by atoms with Gasteiger partial charge in [0.05, 0.1) is 22.4 Å². The molecule has 5 rings (SSSR count). The highest BCUT2D eigenvalue weighted by atomic mass is 32.1. The summed E-state index contributed by atoms with van der Waals surface area (Å²) in [6.45, 7) is 7.54. The molecule has 0 saturated carbocycles. The van der Waals surface area contributed by atoms with Gasteiger partial charge in [-0.3, -0.25) is 14.3 Å². The third-order valence-corrected chi connectivity index (χ3v) is 7.91. The van der Waals surface area contributed by atoms with Crippen molar-refractivity contribution in [2.24, 2.45) is 12.5 Å². The Kier molecular flexibility index (Phi) is 5.99. The standard InChI is InChI=1S/C26H27FN6O3S/c1-12-6-7-14(16-10-17(24(35)31-30-16)28-20-8-13(2)33(5)32-20)21(27)22(12)29-25(36)18-9-15-19(37-18)11-26(3,4)23(15)34/h6-10,23,34H,11H2,1-5H3,(H,29,36)(H,31,35)(H,28,30,32)/t23-/m0/s1. The second kappa shape index (κ2) is 8.93. The number of carbonyl (C=O) groups excluding carboxylic acids is 1. The molecule has 1 aromatic carbocycles. The van der Waals surface area contributed by atoms with Gasteiger partial charge in [-0.15, -0.1) is 11.3 Å². The largest absolute Gasteiger partial charge is 0.388 e. The second-order valence-corrected chi connectivity index (χ2v) is 11.2. The third kappa shape index (κ3) is 4.44. The highest BCUT2D eigenvalue weighted by molar-refractivity contribution is 7.14. The molecular formula is C26H27FN6O3S. The number of aromatic nitrogens is 4. The number of halogens is 1. The number of carbonyl (C=O) groups is 1. The van der Waals surface area contributed by atoms with Crippen molar-refractivity contribution in [3.05, 3.63) is 73.1 Å². The molecule has 4 N–H and O–H groups in total. The summed E-state index contributed by atoms with van der Waals surface area (Å²) in [5, 5.41) is 26.9. The van der Waals surface area contributed by atoms with E-state index in [-0.39, 0.29) is 28.0 Å². The molecule has 192 valence electrons. The van der Waals surface area contributed by atoms with Gasteiger partial charge in [0, 0.05) is 29.2 Å². The van der Waals surface area contributed by atoms with Crippen molar-refractivity contribution in [1.29, 1.82) is 0 Å². The van der Waals surface area contributed by atoms with E-state index in [9.17, 15) is 14.7 Å². The van der Waals surface area contributed by atoms with Crippen LogP contribution in [0.3, 0.4) is 0 Å². The van der Waals surface area contributed by atoms with Crippen molar-refractivity contribution >= 4 is 34.4 Å². The van der Waals surface area contributed by atoms with Gasteiger partial charge in [-0.2, -0.15) is 10.2 Å². The van der Waals surface area contributed by atoms with E-state index in [1.807, 2.05) is 20.8 Å². The van der Waals surface area contributed by atoms with Crippen molar-refractivity contribution in [3.8, 4) is 11.3 Å². The van der Waals surface area contributed by atoms with Gasteiger partial charge in [0.2, 0.25) is 0 Å². The number of benzene rings is 1. The maximum atomic E-state index is 15.7. The zero-order chi connectivity index (χ0) is 26.6. The first kappa shape index (κ1) is 24.8. The van der Waals surface area contributed by atoms with Crippen LogP contribution in [0.1, 0.15) is 51.3 Å². The molecule has 1 aliphatic rings. The summed E-state index contributed by atoms with van der Waals surface area (Å²) in [6, 6.07) is 8.13. The maximum Gasteiger partial charge on any atom is 0.287 e. The maximum absolute atomic E-state index is 15.7. The Morgan fingerprint density at radius 1 is 1.27 bits per heavy atom. The van der Waals surface area contributed by atoms with Crippen LogP contribution in [0.15, 0.2) is 35.1 Å². The molecule has 0 bridgehead atoms. The lowest BCUT2D eigenvalue weighted by Crippen LogP contribution is -2.18. The van der Waals surface area contributed by atoms with Gasteiger partial charge in [0.1, 0.15) is 5.69 Å². The first-order valence-corrected chi connectivity index (χ1v) is 12.5. The van der Waals surface area contributed by atoms with Crippen LogP contribution in [0, 0.1) is 25.1 Å². The fourth-order valence-electron chi connectivity index (χ4n) is 4.45. The Hall–Kier alpha value is -3.83. The number of fused-ring (bicyclic) bond motifs is 1. The quantitative estimate of drug-likeness (QED) is 0.304. The number of anilines is 3. The topological polar surface area (TPSA) is 125 Å². The summed E-state index contributed by atoms with van der Waals surface area (Å²) in [5.41, 5.74) is 1.91. The molecule has 0 saturated heterocycles. The number of hydrogen-bond donors (Lipinski definition) is 4. The summed E-state index contributed by atoms with van der Waals surface area (Å²) in [5.74, 6) is -0.653. The van der Waals surface area contributed by atoms with Crippen molar-refractivity contribution in [3.63, 3.8) is 0 Å². The van der Waals surface area contributed by atoms with Crippen molar-refractivity contribution in [2.75, 3.05) is 10.6 Å². The average Bonchev–Trinajstić information content (AvgIpc) is 3.45. The van der Waals surface area contributed by atoms with Crippen molar-refractivity contribution in [1.82, 2.24) is 20.0 Å². The lowest BCUT2D eigenvalue weighted by molar-refractivity contribution is 0.0665. The Balaban J connectivity index is 1.44. The minimum Gasteiger partial charge on any atom is -0.388 e. The van der Waals surface area contributed by atoms with E-state index in [1.165, 1.54) is 17.4 Å². The van der Waals surface area contributed by atoms with Gasteiger partial charge in [-0.05, 0) is 55.0 Å². The molecule has 4 aromatic rings. The van der Waals surface area contributed by atoms with Crippen LogP contribution in [0.25, 0.3) is 11.3 Å². The van der Waals surface area contributed by atoms with E-state index in [0.29, 0.717) is 22.7 Å². The molecule has 3 heterocycles. The van der Waals surface area contributed by atoms with E-state index in [1.54, 1.807) is 42.9 Å². The monoisotopic (exact) mass is 522 g/mol. The Labute approximate surface area is 216 Å². The zero-order valence-corrected chi connectivity index (χ0v) is 21.9. The fraction of sp³-hybridized carbons (Fsp3) is 0.308. The average molecular weight is 523 g/mol.